The van der Waals surface area contributed by atoms with Crippen LogP contribution in [0, 0.1) is 0 Å². The van der Waals surface area contributed by atoms with Crippen LogP contribution in [-0.4, -0.2) is 118 Å². The standard InChI is InChI=1S/C25H50O10/c1-3-4-5-6-7-8-27-9-10-28-11-12-29-13-14-30-15-16-31-17-18-32-19-20-33-21-22-34-23-24-35-25(2)26/h3-24H2,1-2H3. The summed E-state index contributed by atoms with van der Waals surface area (Å²) in [5.41, 5.74) is 0. The molecule has 0 bridgehead atoms. The zero-order valence-electron chi connectivity index (χ0n) is 22.1. The van der Waals surface area contributed by atoms with E-state index < -0.39 is 0 Å². The fraction of sp³-hybridized carbons (Fsp3) is 0.960. The summed E-state index contributed by atoms with van der Waals surface area (Å²) in [6.07, 6.45) is 6.28. The molecule has 0 unspecified atom stereocenters. The lowest BCUT2D eigenvalue weighted by Gasteiger charge is -2.08. The molecule has 0 saturated heterocycles. The lowest BCUT2D eigenvalue weighted by Crippen LogP contribution is -2.15. The summed E-state index contributed by atoms with van der Waals surface area (Å²) in [6.45, 7) is 12.5. The van der Waals surface area contributed by atoms with E-state index in [1.165, 1.54) is 32.6 Å². The van der Waals surface area contributed by atoms with E-state index in [-0.39, 0.29) is 12.6 Å². The maximum atomic E-state index is 10.6. The molecule has 0 fully saturated rings. The van der Waals surface area contributed by atoms with Crippen molar-refractivity contribution in [2.24, 2.45) is 0 Å². The van der Waals surface area contributed by atoms with Gasteiger partial charge >= 0.3 is 5.97 Å². The Bertz CT molecular complexity index is 412. The van der Waals surface area contributed by atoms with Crippen LogP contribution >= 0.6 is 0 Å². The molecule has 10 heteroatoms. The van der Waals surface area contributed by atoms with Crippen molar-refractivity contribution in [2.45, 2.75) is 46.0 Å². The van der Waals surface area contributed by atoms with E-state index in [2.05, 4.69) is 6.92 Å². The molecule has 0 heterocycles. The van der Waals surface area contributed by atoms with Crippen LogP contribution in [0.4, 0.5) is 0 Å². The zero-order chi connectivity index (χ0) is 25.5. The molecule has 0 aromatic rings. The predicted octanol–water partition coefficient (Wildman–Crippen LogP) is 2.65. The molecule has 0 aliphatic heterocycles. The minimum atomic E-state index is -0.305. The molecule has 0 rings (SSSR count). The SMILES string of the molecule is CCCCCCCOCCOCCOCCOCCOCCOCCOCCOCCOC(C)=O. The first kappa shape index (κ1) is 34.1. The molecule has 35 heavy (non-hydrogen) atoms. The molecule has 0 N–H and O–H groups in total. The average molecular weight is 511 g/mol. The van der Waals surface area contributed by atoms with Crippen LogP contribution in [0.3, 0.4) is 0 Å². The average Bonchev–Trinajstić information content (AvgIpc) is 2.85. The molecule has 0 aromatic carbocycles. The molecule has 10 nitrogen and oxygen atoms in total. The van der Waals surface area contributed by atoms with Crippen LogP contribution in [0.1, 0.15) is 46.0 Å². The van der Waals surface area contributed by atoms with Crippen molar-refractivity contribution >= 4 is 5.97 Å². The number of hydrogen-bond donors (Lipinski definition) is 0. The molecule has 0 radical (unpaired) electrons. The van der Waals surface area contributed by atoms with Gasteiger partial charge in [0.25, 0.3) is 0 Å². The van der Waals surface area contributed by atoms with Crippen molar-refractivity contribution in [2.75, 3.05) is 112 Å². The van der Waals surface area contributed by atoms with Crippen LogP contribution < -0.4 is 0 Å². The minimum absolute atomic E-state index is 0.267. The maximum Gasteiger partial charge on any atom is 0.302 e. The third-order valence-electron chi connectivity index (χ3n) is 4.53. The number of unbranched alkanes of at least 4 members (excludes halogenated alkanes) is 4. The Morgan fingerprint density at radius 3 is 1.00 bits per heavy atom. The summed E-state index contributed by atoms with van der Waals surface area (Å²) in [7, 11) is 0. The van der Waals surface area contributed by atoms with Gasteiger partial charge < -0.3 is 42.6 Å². The van der Waals surface area contributed by atoms with E-state index in [0.29, 0.717) is 99.1 Å². The molecule has 0 aliphatic rings. The van der Waals surface area contributed by atoms with Crippen LogP contribution in [-0.2, 0) is 47.4 Å². The van der Waals surface area contributed by atoms with E-state index >= 15 is 0 Å². The topological polar surface area (TPSA) is 100 Å². The summed E-state index contributed by atoms with van der Waals surface area (Å²) in [5.74, 6) is -0.305. The van der Waals surface area contributed by atoms with Crippen LogP contribution in [0.5, 0.6) is 0 Å². The summed E-state index contributed by atoms with van der Waals surface area (Å²) in [5, 5.41) is 0. The van der Waals surface area contributed by atoms with Crippen LogP contribution in [0.15, 0.2) is 0 Å². The van der Waals surface area contributed by atoms with Crippen molar-refractivity contribution in [3.05, 3.63) is 0 Å². The van der Waals surface area contributed by atoms with Gasteiger partial charge in [-0.15, -0.1) is 0 Å². The highest BCUT2D eigenvalue weighted by Gasteiger charge is 1.96. The molecule has 210 valence electrons. The second kappa shape index (κ2) is 31.2. The first-order valence-corrected chi connectivity index (χ1v) is 13.0. The fourth-order valence-corrected chi connectivity index (χ4v) is 2.69. The number of carbonyl (C=O) groups excluding carboxylic acids is 1. The Balaban J connectivity index is 3.01. The molecule has 0 amide bonds. The second-order valence-electron chi connectivity index (χ2n) is 7.65. The fourth-order valence-electron chi connectivity index (χ4n) is 2.69. The number of esters is 1. The van der Waals surface area contributed by atoms with Gasteiger partial charge in [-0.1, -0.05) is 32.6 Å². The summed E-state index contributed by atoms with van der Waals surface area (Å²) in [4.78, 5) is 10.6. The Kier molecular flexibility index (Phi) is 30.4. The van der Waals surface area contributed by atoms with Gasteiger partial charge in [-0.3, -0.25) is 4.79 Å². The van der Waals surface area contributed by atoms with Crippen molar-refractivity contribution in [3.63, 3.8) is 0 Å². The van der Waals surface area contributed by atoms with Gasteiger partial charge in [0, 0.05) is 13.5 Å². The molecule has 0 aromatic heterocycles. The van der Waals surface area contributed by atoms with Crippen molar-refractivity contribution in [3.8, 4) is 0 Å². The monoisotopic (exact) mass is 510 g/mol. The zero-order valence-corrected chi connectivity index (χ0v) is 22.1. The van der Waals surface area contributed by atoms with Gasteiger partial charge in [0.15, 0.2) is 0 Å². The van der Waals surface area contributed by atoms with Gasteiger partial charge in [0.2, 0.25) is 0 Å². The predicted molar refractivity (Wildman–Crippen MR) is 132 cm³/mol. The smallest absolute Gasteiger partial charge is 0.302 e. The Hall–Kier alpha value is -0.850. The van der Waals surface area contributed by atoms with Crippen molar-refractivity contribution in [1.29, 1.82) is 0 Å². The lowest BCUT2D eigenvalue weighted by atomic mass is 10.2. The van der Waals surface area contributed by atoms with Crippen LogP contribution in [0.2, 0.25) is 0 Å². The normalized spacial score (nSPS) is 11.3. The third-order valence-corrected chi connectivity index (χ3v) is 4.53. The van der Waals surface area contributed by atoms with E-state index in [1.807, 2.05) is 0 Å². The number of rotatable bonds is 30. The Morgan fingerprint density at radius 2 is 0.686 bits per heavy atom. The lowest BCUT2D eigenvalue weighted by molar-refractivity contribution is -0.142. The Morgan fingerprint density at radius 1 is 0.400 bits per heavy atom. The Labute approximate surface area is 212 Å². The van der Waals surface area contributed by atoms with Crippen molar-refractivity contribution in [1.82, 2.24) is 0 Å². The highest BCUT2D eigenvalue weighted by molar-refractivity contribution is 5.65. The van der Waals surface area contributed by atoms with Gasteiger partial charge in [-0.25, -0.2) is 0 Å². The second-order valence-corrected chi connectivity index (χ2v) is 7.65. The van der Waals surface area contributed by atoms with E-state index in [9.17, 15) is 4.79 Å². The van der Waals surface area contributed by atoms with Gasteiger partial charge in [0.05, 0.1) is 99.1 Å². The molecular weight excluding hydrogens is 460 g/mol. The molecule has 0 atom stereocenters. The minimum Gasteiger partial charge on any atom is -0.463 e. The van der Waals surface area contributed by atoms with Gasteiger partial charge in [-0.2, -0.15) is 0 Å². The number of carbonyl (C=O) groups is 1. The first-order valence-electron chi connectivity index (χ1n) is 13.0. The number of hydrogen-bond acceptors (Lipinski definition) is 10. The van der Waals surface area contributed by atoms with Gasteiger partial charge in [-0.05, 0) is 6.42 Å². The molecular formula is C25H50O10. The van der Waals surface area contributed by atoms with Gasteiger partial charge in [0.1, 0.15) is 6.61 Å². The van der Waals surface area contributed by atoms with Crippen LogP contribution in [0.25, 0.3) is 0 Å². The summed E-state index contributed by atoms with van der Waals surface area (Å²) in [6, 6.07) is 0. The van der Waals surface area contributed by atoms with E-state index in [0.717, 1.165) is 13.0 Å². The quantitative estimate of drug-likeness (QED) is 0.106. The first-order chi connectivity index (χ1) is 17.3. The number of ether oxygens (including phenoxy) is 9. The molecule has 0 saturated carbocycles. The van der Waals surface area contributed by atoms with Crippen molar-refractivity contribution < 1.29 is 47.4 Å². The molecule has 0 spiro atoms. The summed E-state index contributed by atoms with van der Waals surface area (Å²) < 4.78 is 48.1. The highest BCUT2D eigenvalue weighted by atomic mass is 16.6. The molecule has 0 aliphatic carbocycles. The highest BCUT2D eigenvalue weighted by Crippen LogP contribution is 2.02. The van der Waals surface area contributed by atoms with E-state index in [4.69, 9.17) is 42.6 Å². The maximum absolute atomic E-state index is 10.6. The largest absolute Gasteiger partial charge is 0.463 e. The summed E-state index contributed by atoms with van der Waals surface area (Å²) >= 11 is 0. The third kappa shape index (κ3) is 33.1. The van der Waals surface area contributed by atoms with E-state index in [1.54, 1.807) is 0 Å².